The summed E-state index contributed by atoms with van der Waals surface area (Å²) in [4.78, 5) is 24.3. The van der Waals surface area contributed by atoms with Crippen molar-refractivity contribution in [3.63, 3.8) is 0 Å². The van der Waals surface area contributed by atoms with Crippen molar-refractivity contribution in [1.82, 2.24) is 4.31 Å². The van der Waals surface area contributed by atoms with Crippen LogP contribution in [0.15, 0.2) is 53.4 Å². The van der Waals surface area contributed by atoms with Gasteiger partial charge in [-0.15, -0.1) is 0 Å². The van der Waals surface area contributed by atoms with Crippen LogP contribution in [0.3, 0.4) is 0 Å². The predicted octanol–water partition coefficient (Wildman–Crippen LogP) is 3.56. The Bertz CT molecular complexity index is 999. The van der Waals surface area contributed by atoms with E-state index in [-0.39, 0.29) is 36.4 Å². The number of sulfonamides is 1. The quantitative estimate of drug-likeness (QED) is 0.679. The summed E-state index contributed by atoms with van der Waals surface area (Å²) in [5.41, 5.74) is 0.953. The van der Waals surface area contributed by atoms with Crippen LogP contribution in [-0.4, -0.2) is 44.3 Å². The second-order valence-corrected chi connectivity index (χ2v) is 9.29. The summed E-state index contributed by atoms with van der Waals surface area (Å²) in [7, 11) is -3.69. The monoisotopic (exact) mass is 450 g/mol. The second kappa shape index (κ2) is 9.59. The molecule has 160 valence electrons. The van der Waals surface area contributed by atoms with Gasteiger partial charge in [-0.05, 0) is 68.3 Å². The first-order valence-electron chi connectivity index (χ1n) is 9.65. The number of hydrogen-bond acceptors (Lipinski definition) is 5. The zero-order chi connectivity index (χ0) is 21.7. The highest BCUT2D eigenvalue weighted by molar-refractivity contribution is 7.89. The number of carbonyl (C=O) groups excluding carboxylic acids is 2. The SMILES string of the molecule is CCOC(=O)c1ccc(S(=O)(=O)N2CCC(C(=O)Nc3ccc(Cl)cc3)CC2)cc1. The first kappa shape index (κ1) is 22.3. The number of hydrogen-bond donors (Lipinski definition) is 1. The van der Waals surface area contributed by atoms with E-state index in [4.69, 9.17) is 16.3 Å². The van der Waals surface area contributed by atoms with Gasteiger partial charge < -0.3 is 10.1 Å². The van der Waals surface area contributed by atoms with E-state index < -0.39 is 16.0 Å². The molecule has 3 rings (SSSR count). The van der Waals surface area contributed by atoms with E-state index in [1.807, 2.05) is 0 Å². The van der Waals surface area contributed by atoms with Gasteiger partial charge in [0.15, 0.2) is 0 Å². The van der Waals surface area contributed by atoms with Crippen molar-refractivity contribution in [2.75, 3.05) is 25.0 Å². The predicted molar refractivity (Wildman–Crippen MR) is 114 cm³/mol. The average Bonchev–Trinajstić information content (AvgIpc) is 2.75. The average molecular weight is 451 g/mol. The van der Waals surface area contributed by atoms with Gasteiger partial charge in [0.05, 0.1) is 17.1 Å². The maximum atomic E-state index is 12.9. The fourth-order valence-electron chi connectivity index (χ4n) is 3.26. The largest absolute Gasteiger partial charge is 0.462 e. The highest BCUT2D eigenvalue weighted by atomic mass is 35.5. The van der Waals surface area contributed by atoms with Crippen molar-refractivity contribution in [2.24, 2.45) is 5.92 Å². The normalized spacial score (nSPS) is 15.5. The van der Waals surface area contributed by atoms with Gasteiger partial charge in [-0.25, -0.2) is 13.2 Å². The van der Waals surface area contributed by atoms with Crippen molar-refractivity contribution >= 4 is 39.2 Å². The molecule has 0 aromatic heterocycles. The van der Waals surface area contributed by atoms with Crippen molar-refractivity contribution in [3.05, 3.63) is 59.1 Å². The molecule has 0 saturated carbocycles. The van der Waals surface area contributed by atoms with Crippen LogP contribution in [0, 0.1) is 5.92 Å². The van der Waals surface area contributed by atoms with Gasteiger partial charge in [0.25, 0.3) is 0 Å². The van der Waals surface area contributed by atoms with Crippen LogP contribution in [0.25, 0.3) is 0 Å². The minimum Gasteiger partial charge on any atom is -0.462 e. The maximum absolute atomic E-state index is 12.9. The molecule has 2 aromatic rings. The van der Waals surface area contributed by atoms with E-state index in [2.05, 4.69) is 5.32 Å². The number of esters is 1. The molecule has 2 aromatic carbocycles. The number of carbonyl (C=O) groups is 2. The molecule has 0 spiro atoms. The van der Waals surface area contributed by atoms with Crippen molar-refractivity contribution in [1.29, 1.82) is 0 Å². The molecule has 0 aliphatic carbocycles. The van der Waals surface area contributed by atoms with Gasteiger partial charge in [-0.1, -0.05) is 11.6 Å². The highest BCUT2D eigenvalue weighted by Crippen LogP contribution is 2.25. The standard InChI is InChI=1S/C21H23ClN2O5S/c1-2-29-21(26)16-3-9-19(10-4-16)30(27,28)24-13-11-15(12-14-24)20(25)23-18-7-5-17(22)6-8-18/h3-10,15H,2,11-14H2,1H3,(H,23,25). The number of nitrogens with one attached hydrogen (secondary N) is 1. The van der Waals surface area contributed by atoms with Crippen LogP contribution in [0.1, 0.15) is 30.1 Å². The van der Waals surface area contributed by atoms with E-state index in [1.54, 1.807) is 31.2 Å². The van der Waals surface area contributed by atoms with Crippen LogP contribution in [-0.2, 0) is 19.6 Å². The number of nitrogens with zero attached hydrogens (tertiary/aromatic N) is 1. The fourth-order valence-corrected chi connectivity index (χ4v) is 4.86. The summed E-state index contributed by atoms with van der Waals surface area (Å²) in [6, 6.07) is 12.5. The lowest BCUT2D eigenvalue weighted by molar-refractivity contribution is -0.120. The molecule has 0 unspecified atom stereocenters. The molecule has 1 amide bonds. The third kappa shape index (κ3) is 5.19. The Hall–Kier alpha value is -2.42. The number of ether oxygens (including phenoxy) is 1. The van der Waals surface area contributed by atoms with Crippen molar-refractivity contribution in [3.8, 4) is 0 Å². The topological polar surface area (TPSA) is 92.8 Å². The lowest BCUT2D eigenvalue weighted by atomic mass is 9.97. The lowest BCUT2D eigenvalue weighted by Gasteiger charge is -2.30. The van der Waals surface area contributed by atoms with Gasteiger partial charge in [0.1, 0.15) is 0 Å². The third-order valence-electron chi connectivity index (χ3n) is 4.94. The highest BCUT2D eigenvalue weighted by Gasteiger charge is 2.32. The van der Waals surface area contributed by atoms with Crippen LogP contribution in [0.5, 0.6) is 0 Å². The Kier molecular flexibility index (Phi) is 7.12. The molecule has 1 aliphatic rings. The Morgan fingerprint density at radius 3 is 2.23 bits per heavy atom. The maximum Gasteiger partial charge on any atom is 0.338 e. The number of benzene rings is 2. The number of anilines is 1. The van der Waals surface area contributed by atoms with Gasteiger partial charge in [-0.3, -0.25) is 4.79 Å². The van der Waals surface area contributed by atoms with Crippen LogP contribution in [0.4, 0.5) is 5.69 Å². The van der Waals surface area contributed by atoms with E-state index in [9.17, 15) is 18.0 Å². The molecule has 9 heteroatoms. The zero-order valence-corrected chi connectivity index (χ0v) is 18.1. The second-order valence-electron chi connectivity index (χ2n) is 6.92. The summed E-state index contributed by atoms with van der Waals surface area (Å²) in [6.45, 7) is 2.46. The van der Waals surface area contributed by atoms with E-state index in [0.29, 0.717) is 29.1 Å². The molecular weight excluding hydrogens is 428 g/mol. The van der Waals surface area contributed by atoms with Gasteiger partial charge in [0.2, 0.25) is 15.9 Å². The third-order valence-corrected chi connectivity index (χ3v) is 7.10. The summed E-state index contributed by atoms with van der Waals surface area (Å²) in [5, 5.41) is 3.43. The van der Waals surface area contributed by atoms with E-state index >= 15 is 0 Å². The smallest absolute Gasteiger partial charge is 0.338 e. The van der Waals surface area contributed by atoms with Gasteiger partial charge in [-0.2, -0.15) is 4.31 Å². The molecule has 0 atom stereocenters. The Labute approximate surface area is 181 Å². The lowest BCUT2D eigenvalue weighted by Crippen LogP contribution is -2.41. The molecule has 30 heavy (non-hydrogen) atoms. The molecule has 0 bridgehead atoms. The molecule has 1 saturated heterocycles. The molecule has 1 fully saturated rings. The number of halogens is 1. The summed E-state index contributed by atoms with van der Waals surface area (Å²) in [6.07, 6.45) is 0.860. The van der Waals surface area contributed by atoms with Crippen molar-refractivity contribution < 1.29 is 22.7 Å². The summed E-state index contributed by atoms with van der Waals surface area (Å²) < 4.78 is 32.1. The molecule has 7 nitrogen and oxygen atoms in total. The first-order chi connectivity index (χ1) is 14.3. The zero-order valence-electron chi connectivity index (χ0n) is 16.5. The van der Waals surface area contributed by atoms with Crippen molar-refractivity contribution in [2.45, 2.75) is 24.7 Å². The van der Waals surface area contributed by atoms with Crippen LogP contribution in [0.2, 0.25) is 5.02 Å². The van der Waals surface area contributed by atoms with E-state index in [0.717, 1.165) is 0 Å². The van der Waals surface area contributed by atoms with E-state index in [1.165, 1.54) is 28.6 Å². The number of piperidine rings is 1. The molecule has 1 N–H and O–H groups in total. The molecule has 1 heterocycles. The number of rotatable bonds is 6. The van der Waals surface area contributed by atoms with Crippen LogP contribution < -0.4 is 5.32 Å². The van der Waals surface area contributed by atoms with Gasteiger partial charge >= 0.3 is 5.97 Å². The van der Waals surface area contributed by atoms with Gasteiger partial charge in [0, 0.05) is 29.7 Å². The molecule has 0 radical (unpaired) electrons. The summed E-state index contributed by atoms with van der Waals surface area (Å²) in [5.74, 6) is -0.888. The summed E-state index contributed by atoms with van der Waals surface area (Å²) >= 11 is 5.85. The minimum atomic E-state index is -3.69. The first-order valence-corrected chi connectivity index (χ1v) is 11.5. The molecule has 1 aliphatic heterocycles. The van der Waals surface area contributed by atoms with Crippen LogP contribution >= 0.6 is 11.6 Å². The minimum absolute atomic E-state index is 0.111. The Balaban J connectivity index is 1.60. The Morgan fingerprint density at radius 2 is 1.67 bits per heavy atom. The molecular formula is C21H23ClN2O5S. The Morgan fingerprint density at radius 1 is 1.07 bits per heavy atom. The fraction of sp³-hybridized carbons (Fsp3) is 0.333. The number of amides is 1.